The maximum Gasteiger partial charge on any atom is 0.289 e. The molecule has 1 aliphatic heterocycles. The number of nitrogens with zero attached hydrogens (tertiary/aromatic N) is 4. The maximum atomic E-state index is 12.9. The lowest BCUT2D eigenvalue weighted by Crippen LogP contribution is -2.44. The molecule has 1 amide bonds. The molecule has 28 heavy (non-hydrogen) atoms. The second-order valence-corrected chi connectivity index (χ2v) is 7.74. The SMILES string of the molecule is Cc1nc(C2(C)CCN(C(=O)c3ccc(Cc4c(C)noc4C)o3)CC2)no1. The molecule has 1 fully saturated rings. The summed E-state index contributed by atoms with van der Waals surface area (Å²) < 4.78 is 16.1. The summed E-state index contributed by atoms with van der Waals surface area (Å²) in [6, 6.07) is 3.58. The fourth-order valence-corrected chi connectivity index (χ4v) is 3.64. The lowest BCUT2D eigenvalue weighted by Gasteiger charge is -2.36. The van der Waals surface area contributed by atoms with Crippen LogP contribution < -0.4 is 0 Å². The number of likely N-dealkylation sites (tertiary alicyclic amines) is 1. The molecule has 4 heterocycles. The standard InChI is InChI=1S/C20H24N4O4/c1-12-16(13(2)27-22-12)11-15-5-6-17(26-15)18(25)24-9-7-20(4,8-10-24)19-21-14(3)28-23-19/h5-6H,7-11H2,1-4H3. The Morgan fingerprint density at radius 1 is 1.14 bits per heavy atom. The smallest absolute Gasteiger partial charge is 0.289 e. The lowest BCUT2D eigenvalue weighted by molar-refractivity contribution is 0.0636. The van der Waals surface area contributed by atoms with E-state index in [1.807, 2.05) is 24.8 Å². The van der Waals surface area contributed by atoms with Gasteiger partial charge < -0.3 is 18.4 Å². The minimum absolute atomic E-state index is 0.0867. The molecular formula is C20H24N4O4. The van der Waals surface area contributed by atoms with E-state index in [2.05, 4.69) is 22.2 Å². The first-order valence-corrected chi connectivity index (χ1v) is 9.46. The van der Waals surface area contributed by atoms with Gasteiger partial charge in [-0.1, -0.05) is 17.2 Å². The first-order chi connectivity index (χ1) is 13.4. The summed E-state index contributed by atoms with van der Waals surface area (Å²) in [6.07, 6.45) is 2.12. The molecule has 8 heteroatoms. The molecule has 0 unspecified atom stereocenters. The van der Waals surface area contributed by atoms with Gasteiger partial charge in [0.2, 0.25) is 5.89 Å². The first kappa shape index (κ1) is 18.5. The Balaban J connectivity index is 1.41. The minimum Gasteiger partial charge on any atom is -0.456 e. The topological polar surface area (TPSA) is 98.4 Å². The second-order valence-electron chi connectivity index (χ2n) is 7.74. The highest BCUT2D eigenvalue weighted by Gasteiger charge is 2.37. The average Bonchev–Trinajstić information content (AvgIpc) is 3.39. The van der Waals surface area contributed by atoms with Crippen molar-refractivity contribution in [2.45, 2.75) is 52.4 Å². The molecule has 4 rings (SSSR count). The van der Waals surface area contributed by atoms with Crippen molar-refractivity contribution in [3.8, 4) is 0 Å². The van der Waals surface area contributed by atoms with Crippen LogP contribution in [0.2, 0.25) is 0 Å². The van der Waals surface area contributed by atoms with Crippen molar-refractivity contribution in [3.05, 3.63) is 52.4 Å². The van der Waals surface area contributed by atoms with E-state index >= 15 is 0 Å². The zero-order valence-electron chi connectivity index (χ0n) is 16.6. The van der Waals surface area contributed by atoms with Crippen LogP contribution in [0, 0.1) is 20.8 Å². The number of carbonyl (C=O) groups is 1. The van der Waals surface area contributed by atoms with Crippen LogP contribution in [0.5, 0.6) is 0 Å². The van der Waals surface area contributed by atoms with E-state index in [0.717, 1.165) is 41.4 Å². The van der Waals surface area contributed by atoms with Crippen molar-refractivity contribution < 1.29 is 18.3 Å². The summed E-state index contributed by atoms with van der Waals surface area (Å²) in [6.45, 7) is 8.94. The molecule has 3 aromatic heterocycles. The number of hydrogen-bond acceptors (Lipinski definition) is 7. The van der Waals surface area contributed by atoms with E-state index in [-0.39, 0.29) is 11.3 Å². The van der Waals surface area contributed by atoms with Crippen LogP contribution in [0.25, 0.3) is 0 Å². The number of furan rings is 1. The summed E-state index contributed by atoms with van der Waals surface area (Å²) in [5, 5.41) is 8.03. The van der Waals surface area contributed by atoms with Crippen molar-refractivity contribution in [1.82, 2.24) is 20.2 Å². The van der Waals surface area contributed by atoms with E-state index in [4.69, 9.17) is 13.5 Å². The molecule has 0 aromatic carbocycles. The summed E-state index contributed by atoms with van der Waals surface area (Å²) in [4.78, 5) is 19.1. The Morgan fingerprint density at radius 2 is 1.89 bits per heavy atom. The summed E-state index contributed by atoms with van der Waals surface area (Å²) >= 11 is 0. The quantitative estimate of drug-likeness (QED) is 0.680. The monoisotopic (exact) mass is 384 g/mol. The van der Waals surface area contributed by atoms with Crippen LogP contribution in [0.4, 0.5) is 0 Å². The first-order valence-electron chi connectivity index (χ1n) is 9.46. The van der Waals surface area contributed by atoms with Crippen molar-refractivity contribution in [3.63, 3.8) is 0 Å². The number of hydrogen-bond donors (Lipinski definition) is 0. The zero-order valence-corrected chi connectivity index (χ0v) is 16.6. The Hall–Kier alpha value is -2.90. The van der Waals surface area contributed by atoms with Crippen LogP contribution in [0.15, 0.2) is 25.6 Å². The number of aryl methyl sites for hydroxylation is 3. The van der Waals surface area contributed by atoms with Crippen molar-refractivity contribution in [2.24, 2.45) is 0 Å². The molecular weight excluding hydrogens is 360 g/mol. The van der Waals surface area contributed by atoms with Gasteiger partial charge in [-0.05, 0) is 38.8 Å². The Bertz CT molecular complexity index is 972. The molecule has 0 atom stereocenters. The normalized spacial score (nSPS) is 16.5. The van der Waals surface area contributed by atoms with E-state index in [1.54, 1.807) is 13.0 Å². The van der Waals surface area contributed by atoms with Crippen LogP contribution in [-0.2, 0) is 11.8 Å². The molecule has 148 valence electrons. The number of aromatic nitrogens is 3. The molecule has 0 aliphatic carbocycles. The van der Waals surface area contributed by atoms with Crippen LogP contribution in [-0.4, -0.2) is 39.2 Å². The van der Waals surface area contributed by atoms with Gasteiger partial charge in [0, 0.05) is 37.4 Å². The van der Waals surface area contributed by atoms with Gasteiger partial charge in [-0.2, -0.15) is 4.98 Å². The van der Waals surface area contributed by atoms with Gasteiger partial charge in [-0.15, -0.1) is 0 Å². The molecule has 3 aromatic rings. The highest BCUT2D eigenvalue weighted by molar-refractivity contribution is 5.91. The van der Waals surface area contributed by atoms with Crippen LogP contribution >= 0.6 is 0 Å². The average molecular weight is 384 g/mol. The number of piperidine rings is 1. The summed E-state index contributed by atoms with van der Waals surface area (Å²) in [5.41, 5.74) is 1.66. The largest absolute Gasteiger partial charge is 0.456 e. The Kier molecular flexibility index (Phi) is 4.56. The van der Waals surface area contributed by atoms with Crippen molar-refractivity contribution in [1.29, 1.82) is 0 Å². The van der Waals surface area contributed by atoms with Gasteiger partial charge in [0.05, 0.1) is 5.69 Å². The van der Waals surface area contributed by atoms with Gasteiger partial charge in [0.1, 0.15) is 11.5 Å². The number of rotatable bonds is 4. The highest BCUT2D eigenvalue weighted by atomic mass is 16.5. The van der Waals surface area contributed by atoms with E-state index in [1.165, 1.54) is 0 Å². The van der Waals surface area contributed by atoms with Crippen LogP contribution in [0.3, 0.4) is 0 Å². The fraction of sp³-hybridized carbons (Fsp3) is 0.500. The molecule has 8 nitrogen and oxygen atoms in total. The van der Waals surface area contributed by atoms with Gasteiger partial charge in [0.25, 0.3) is 5.91 Å². The number of amides is 1. The summed E-state index contributed by atoms with van der Waals surface area (Å²) in [5.74, 6) is 3.06. The second kappa shape index (κ2) is 6.92. The third-order valence-electron chi connectivity index (χ3n) is 5.63. The Morgan fingerprint density at radius 3 is 2.50 bits per heavy atom. The van der Waals surface area contributed by atoms with Gasteiger partial charge in [-0.3, -0.25) is 4.79 Å². The lowest BCUT2D eigenvalue weighted by atomic mass is 9.79. The molecule has 1 saturated heterocycles. The third-order valence-corrected chi connectivity index (χ3v) is 5.63. The predicted molar refractivity (Wildman–Crippen MR) is 99.0 cm³/mol. The highest BCUT2D eigenvalue weighted by Crippen LogP contribution is 2.33. The molecule has 0 bridgehead atoms. The van der Waals surface area contributed by atoms with Crippen molar-refractivity contribution in [2.75, 3.05) is 13.1 Å². The summed E-state index contributed by atoms with van der Waals surface area (Å²) in [7, 11) is 0. The number of carbonyl (C=O) groups excluding carboxylic acids is 1. The molecule has 1 aliphatic rings. The van der Waals surface area contributed by atoms with Gasteiger partial charge in [-0.25, -0.2) is 0 Å². The van der Waals surface area contributed by atoms with Gasteiger partial charge in [0.15, 0.2) is 11.6 Å². The maximum absolute atomic E-state index is 12.9. The fourth-order valence-electron chi connectivity index (χ4n) is 3.64. The molecule has 0 radical (unpaired) electrons. The Labute approximate surface area is 162 Å². The van der Waals surface area contributed by atoms with Crippen molar-refractivity contribution >= 4 is 5.91 Å². The van der Waals surface area contributed by atoms with E-state index < -0.39 is 0 Å². The van der Waals surface area contributed by atoms with Crippen LogP contribution in [0.1, 0.15) is 64.8 Å². The van der Waals surface area contributed by atoms with E-state index in [9.17, 15) is 4.79 Å². The van der Waals surface area contributed by atoms with E-state index in [0.29, 0.717) is 31.2 Å². The molecule has 0 saturated carbocycles. The predicted octanol–water partition coefficient (Wildman–Crippen LogP) is 3.36. The zero-order chi connectivity index (χ0) is 19.9. The van der Waals surface area contributed by atoms with Gasteiger partial charge >= 0.3 is 0 Å². The third kappa shape index (κ3) is 3.34. The minimum atomic E-state index is -0.174. The molecule has 0 N–H and O–H groups in total. The molecule has 0 spiro atoms.